The largest absolute Gasteiger partial charge is 0.335 e. The van der Waals surface area contributed by atoms with E-state index < -0.39 is 26.6 Å². The number of pyridine rings is 1. The third-order valence-electron chi connectivity index (χ3n) is 4.15. The van der Waals surface area contributed by atoms with Gasteiger partial charge in [-0.15, -0.1) is 0 Å². The molecule has 0 spiro atoms. The summed E-state index contributed by atoms with van der Waals surface area (Å²) in [5, 5.41) is 0. The normalized spacial score (nSPS) is 15.9. The molecule has 26 heavy (non-hydrogen) atoms. The van der Waals surface area contributed by atoms with Crippen LogP contribution >= 0.6 is 0 Å². The molecule has 1 fully saturated rings. The first-order chi connectivity index (χ1) is 12.3. The van der Waals surface area contributed by atoms with Gasteiger partial charge in [0, 0.05) is 37.9 Å². The van der Waals surface area contributed by atoms with Crippen LogP contribution in [0, 0.1) is 18.6 Å². The van der Waals surface area contributed by atoms with Crippen LogP contribution in [0.25, 0.3) is 0 Å². The summed E-state index contributed by atoms with van der Waals surface area (Å²) in [6, 6.07) is 7.46. The molecule has 0 aliphatic carbocycles. The molecule has 1 amide bonds. The summed E-state index contributed by atoms with van der Waals surface area (Å²) in [7, 11) is -4.09. The van der Waals surface area contributed by atoms with Crippen molar-refractivity contribution in [2.24, 2.45) is 0 Å². The molecule has 2 heterocycles. The summed E-state index contributed by atoms with van der Waals surface area (Å²) < 4.78 is 53.1. The van der Waals surface area contributed by atoms with E-state index >= 15 is 0 Å². The van der Waals surface area contributed by atoms with E-state index in [2.05, 4.69) is 4.98 Å². The molecule has 0 atom stereocenters. The predicted octanol–water partition coefficient (Wildman–Crippen LogP) is 1.81. The molecule has 1 saturated heterocycles. The molecule has 6 nitrogen and oxygen atoms in total. The first-order valence-electron chi connectivity index (χ1n) is 7.97. The van der Waals surface area contributed by atoms with Gasteiger partial charge in [-0.3, -0.25) is 4.79 Å². The van der Waals surface area contributed by atoms with E-state index in [1.807, 2.05) is 0 Å². The summed E-state index contributed by atoms with van der Waals surface area (Å²) in [6.45, 7) is 2.15. The highest BCUT2D eigenvalue weighted by Gasteiger charge is 2.32. The second-order valence-corrected chi connectivity index (χ2v) is 7.84. The first-order valence-corrected chi connectivity index (χ1v) is 9.41. The van der Waals surface area contributed by atoms with Crippen LogP contribution in [0.4, 0.5) is 8.78 Å². The molecule has 0 saturated carbocycles. The Balaban J connectivity index is 1.72. The minimum atomic E-state index is -4.09. The number of aromatic nitrogens is 1. The fourth-order valence-electron chi connectivity index (χ4n) is 2.78. The Kier molecular flexibility index (Phi) is 5.01. The smallest absolute Gasteiger partial charge is 0.272 e. The van der Waals surface area contributed by atoms with Crippen LogP contribution in [0.2, 0.25) is 0 Å². The Morgan fingerprint density at radius 1 is 1.08 bits per heavy atom. The van der Waals surface area contributed by atoms with Gasteiger partial charge in [0.05, 0.1) is 0 Å². The number of hydrogen-bond donors (Lipinski definition) is 0. The van der Waals surface area contributed by atoms with Crippen molar-refractivity contribution in [3.05, 3.63) is 59.4 Å². The summed E-state index contributed by atoms with van der Waals surface area (Å²) in [6.07, 6.45) is 0. The third kappa shape index (κ3) is 3.58. The average molecular weight is 381 g/mol. The molecule has 3 rings (SSSR count). The number of rotatable bonds is 3. The van der Waals surface area contributed by atoms with Crippen LogP contribution in [-0.4, -0.2) is 54.7 Å². The molecule has 1 aliphatic rings. The molecule has 0 unspecified atom stereocenters. The standard InChI is InChI=1S/C17H17F2N3O3S/c1-12-3-2-4-15(20-12)17(23)21-7-9-22(10-8-21)26(24,25)16-6-5-13(18)11-14(16)19/h2-6,11H,7-10H2,1H3. The van der Waals surface area contributed by atoms with Gasteiger partial charge in [-0.1, -0.05) is 6.07 Å². The Morgan fingerprint density at radius 2 is 1.77 bits per heavy atom. The van der Waals surface area contributed by atoms with Gasteiger partial charge in [0.2, 0.25) is 10.0 Å². The quantitative estimate of drug-likeness (QED) is 0.813. The minimum absolute atomic E-state index is 0.0245. The van der Waals surface area contributed by atoms with Gasteiger partial charge < -0.3 is 4.90 Å². The maximum Gasteiger partial charge on any atom is 0.272 e. The fourth-order valence-corrected chi connectivity index (χ4v) is 4.25. The summed E-state index contributed by atoms with van der Waals surface area (Å²) >= 11 is 0. The lowest BCUT2D eigenvalue weighted by Gasteiger charge is -2.33. The SMILES string of the molecule is Cc1cccc(C(=O)N2CCN(S(=O)(=O)c3ccc(F)cc3F)CC2)n1. The lowest BCUT2D eigenvalue weighted by Crippen LogP contribution is -2.50. The van der Waals surface area contributed by atoms with Crippen molar-refractivity contribution in [3.63, 3.8) is 0 Å². The fraction of sp³-hybridized carbons (Fsp3) is 0.294. The van der Waals surface area contributed by atoms with Gasteiger partial charge in [0.25, 0.3) is 5.91 Å². The van der Waals surface area contributed by atoms with Crippen molar-refractivity contribution < 1.29 is 22.0 Å². The lowest BCUT2D eigenvalue weighted by atomic mass is 10.2. The van der Waals surface area contributed by atoms with Crippen molar-refractivity contribution in [1.82, 2.24) is 14.2 Å². The summed E-state index contributed by atoms with van der Waals surface area (Å²) in [4.78, 5) is 17.6. The number of carbonyl (C=O) groups is 1. The monoisotopic (exact) mass is 381 g/mol. The van der Waals surface area contributed by atoms with Crippen LogP contribution in [0.1, 0.15) is 16.2 Å². The number of amides is 1. The number of carbonyl (C=O) groups excluding carboxylic acids is 1. The molecule has 0 N–H and O–H groups in total. The Bertz CT molecular complexity index is 942. The second-order valence-electron chi connectivity index (χ2n) is 5.94. The van der Waals surface area contributed by atoms with Crippen molar-refractivity contribution in [1.29, 1.82) is 0 Å². The Morgan fingerprint density at radius 3 is 2.38 bits per heavy atom. The van der Waals surface area contributed by atoms with Crippen LogP contribution in [-0.2, 0) is 10.0 Å². The number of benzene rings is 1. The van der Waals surface area contributed by atoms with Gasteiger partial charge in [-0.05, 0) is 31.2 Å². The van der Waals surface area contributed by atoms with Crippen LogP contribution in [0.5, 0.6) is 0 Å². The topological polar surface area (TPSA) is 70.6 Å². The number of hydrogen-bond acceptors (Lipinski definition) is 4. The first kappa shape index (κ1) is 18.4. The number of halogens is 2. The molecule has 9 heteroatoms. The molecule has 138 valence electrons. The highest BCUT2D eigenvalue weighted by Crippen LogP contribution is 2.21. The maximum atomic E-state index is 13.8. The summed E-state index contributed by atoms with van der Waals surface area (Å²) in [5.41, 5.74) is 1.01. The van der Waals surface area contributed by atoms with Crippen LogP contribution in [0.15, 0.2) is 41.3 Å². The minimum Gasteiger partial charge on any atom is -0.335 e. The zero-order valence-electron chi connectivity index (χ0n) is 14.0. The number of sulfonamides is 1. The highest BCUT2D eigenvalue weighted by molar-refractivity contribution is 7.89. The van der Waals surface area contributed by atoms with E-state index in [0.29, 0.717) is 17.5 Å². The van der Waals surface area contributed by atoms with Crippen LogP contribution < -0.4 is 0 Å². The number of nitrogens with zero attached hydrogens (tertiary/aromatic N) is 3. The van der Waals surface area contributed by atoms with E-state index in [1.54, 1.807) is 25.1 Å². The maximum absolute atomic E-state index is 13.8. The van der Waals surface area contributed by atoms with E-state index in [1.165, 1.54) is 4.90 Å². The molecule has 2 aromatic rings. The molecular formula is C17H17F2N3O3S. The lowest BCUT2D eigenvalue weighted by molar-refractivity contribution is 0.0691. The van der Waals surface area contributed by atoms with Gasteiger partial charge in [-0.2, -0.15) is 4.31 Å². The molecule has 1 aromatic heterocycles. The van der Waals surface area contributed by atoms with Crippen LogP contribution in [0.3, 0.4) is 0 Å². The Labute approximate surface area is 150 Å². The van der Waals surface area contributed by atoms with Crippen molar-refractivity contribution in [2.45, 2.75) is 11.8 Å². The van der Waals surface area contributed by atoms with E-state index in [9.17, 15) is 22.0 Å². The second kappa shape index (κ2) is 7.08. The molecule has 1 aliphatic heterocycles. The van der Waals surface area contributed by atoms with Gasteiger partial charge in [0.1, 0.15) is 22.2 Å². The Hall–Kier alpha value is -2.39. The van der Waals surface area contributed by atoms with E-state index in [-0.39, 0.29) is 32.1 Å². The molecule has 1 aromatic carbocycles. The highest BCUT2D eigenvalue weighted by atomic mass is 32.2. The average Bonchev–Trinajstić information content (AvgIpc) is 2.61. The van der Waals surface area contributed by atoms with Gasteiger partial charge >= 0.3 is 0 Å². The van der Waals surface area contributed by atoms with Crippen molar-refractivity contribution >= 4 is 15.9 Å². The number of aryl methyl sites for hydroxylation is 1. The van der Waals surface area contributed by atoms with Crippen molar-refractivity contribution in [3.8, 4) is 0 Å². The molecular weight excluding hydrogens is 364 g/mol. The summed E-state index contributed by atoms with van der Waals surface area (Å²) in [5.74, 6) is -2.26. The van der Waals surface area contributed by atoms with Crippen molar-refractivity contribution in [2.75, 3.05) is 26.2 Å². The van der Waals surface area contributed by atoms with E-state index in [4.69, 9.17) is 0 Å². The van der Waals surface area contributed by atoms with Gasteiger partial charge in [0.15, 0.2) is 0 Å². The third-order valence-corrected chi connectivity index (χ3v) is 6.08. The zero-order valence-corrected chi connectivity index (χ0v) is 14.8. The van der Waals surface area contributed by atoms with Gasteiger partial charge in [-0.25, -0.2) is 22.2 Å². The van der Waals surface area contributed by atoms with E-state index in [0.717, 1.165) is 16.4 Å². The molecule has 0 radical (unpaired) electrons. The molecule has 0 bridgehead atoms. The zero-order chi connectivity index (χ0) is 18.9. The predicted molar refractivity (Wildman–Crippen MR) is 90.0 cm³/mol. The number of piperazine rings is 1.